The van der Waals surface area contributed by atoms with Gasteiger partial charge in [-0.05, 0) is 12.1 Å². The number of aromatic nitrogens is 1. The van der Waals surface area contributed by atoms with Crippen molar-refractivity contribution in [3.8, 4) is 0 Å². The van der Waals surface area contributed by atoms with E-state index in [1.807, 2.05) is 0 Å². The first-order chi connectivity index (χ1) is 8.69. The summed E-state index contributed by atoms with van der Waals surface area (Å²) in [6.45, 7) is 0.853. The zero-order valence-corrected chi connectivity index (χ0v) is 10.4. The van der Waals surface area contributed by atoms with Gasteiger partial charge in [-0.25, -0.2) is 4.79 Å². The van der Waals surface area contributed by atoms with Crippen molar-refractivity contribution < 1.29 is 19.1 Å². The van der Waals surface area contributed by atoms with E-state index in [9.17, 15) is 9.59 Å². The van der Waals surface area contributed by atoms with Crippen LogP contribution >= 0.6 is 0 Å². The van der Waals surface area contributed by atoms with Gasteiger partial charge in [0.2, 0.25) is 0 Å². The molecule has 6 nitrogen and oxygen atoms in total. The second kappa shape index (κ2) is 7.39. The number of nitrogens with zero attached hydrogens (tertiary/aromatic N) is 1. The van der Waals surface area contributed by atoms with Gasteiger partial charge >= 0.3 is 11.9 Å². The summed E-state index contributed by atoms with van der Waals surface area (Å²) in [7, 11) is 2.67. The Morgan fingerprint density at radius 2 is 2.11 bits per heavy atom. The molecule has 1 aromatic rings. The highest BCUT2D eigenvalue weighted by Gasteiger charge is 2.11. The number of esters is 2. The molecule has 0 amide bonds. The van der Waals surface area contributed by atoms with Crippen molar-refractivity contribution in [2.24, 2.45) is 0 Å². The van der Waals surface area contributed by atoms with Crippen LogP contribution in [0.25, 0.3) is 0 Å². The molecule has 0 unspecified atom stereocenters. The average Bonchev–Trinajstić information content (AvgIpc) is 2.42. The zero-order valence-electron chi connectivity index (χ0n) is 10.4. The van der Waals surface area contributed by atoms with Crippen molar-refractivity contribution in [2.75, 3.05) is 20.8 Å². The molecule has 0 radical (unpaired) electrons. The summed E-state index contributed by atoms with van der Waals surface area (Å²) >= 11 is 0. The van der Waals surface area contributed by atoms with Crippen LogP contribution in [0.2, 0.25) is 0 Å². The van der Waals surface area contributed by atoms with E-state index < -0.39 is 5.97 Å². The van der Waals surface area contributed by atoms with Gasteiger partial charge in [-0.2, -0.15) is 0 Å². The van der Waals surface area contributed by atoms with Gasteiger partial charge in [-0.15, -0.1) is 0 Å². The standard InChI is InChI=1S/C12H16N2O4/c1-17-11(15)5-7-13-8-10-9(12(16)18-2)4-3-6-14-10/h3-4,6,13H,5,7-8H2,1-2H3. The van der Waals surface area contributed by atoms with Gasteiger partial charge in [0, 0.05) is 19.3 Å². The lowest BCUT2D eigenvalue weighted by Crippen LogP contribution is -2.21. The smallest absolute Gasteiger partial charge is 0.339 e. The molecule has 0 aliphatic heterocycles. The third kappa shape index (κ3) is 4.14. The molecular weight excluding hydrogens is 236 g/mol. The van der Waals surface area contributed by atoms with Gasteiger partial charge in [0.1, 0.15) is 0 Å². The number of carbonyl (C=O) groups excluding carboxylic acids is 2. The molecule has 0 aromatic carbocycles. The van der Waals surface area contributed by atoms with Gasteiger partial charge in [-0.1, -0.05) is 0 Å². The Labute approximate surface area is 105 Å². The predicted octanol–water partition coefficient (Wildman–Crippen LogP) is 0.521. The lowest BCUT2D eigenvalue weighted by Gasteiger charge is -2.07. The molecule has 1 heterocycles. The molecule has 1 rings (SSSR count). The summed E-state index contributed by atoms with van der Waals surface area (Å²) < 4.78 is 9.17. The van der Waals surface area contributed by atoms with Crippen LogP contribution in [0, 0.1) is 0 Å². The SMILES string of the molecule is COC(=O)CCNCc1ncccc1C(=O)OC. The minimum atomic E-state index is -0.423. The molecule has 1 N–H and O–H groups in total. The topological polar surface area (TPSA) is 77.5 Å². The summed E-state index contributed by atoms with van der Waals surface area (Å²) in [6, 6.07) is 3.32. The van der Waals surface area contributed by atoms with E-state index in [2.05, 4.69) is 19.8 Å². The maximum atomic E-state index is 11.5. The van der Waals surface area contributed by atoms with Crippen molar-refractivity contribution in [3.05, 3.63) is 29.6 Å². The van der Waals surface area contributed by atoms with Crippen LogP contribution in [0.1, 0.15) is 22.5 Å². The first-order valence-electron chi connectivity index (χ1n) is 5.48. The summed E-state index contributed by atoms with van der Waals surface area (Å²) in [5.74, 6) is -0.704. The van der Waals surface area contributed by atoms with Crippen LogP contribution in [0.4, 0.5) is 0 Å². The number of hydrogen-bond donors (Lipinski definition) is 1. The van der Waals surface area contributed by atoms with Gasteiger partial charge in [0.15, 0.2) is 0 Å². The van der Waals surface area contributed by atoms with Gasteiger partial charge < -0.3 is 14.8 Å². The number of hydrogen-bond acceptors (Lipinski definition) is 6. The molecule has 98 valence electrons. The highest BCUT2D eigenvalue weighted by molar-refractivity contribution is 5.90. The van der Waals surface area contributed by atoms with Crippen LogP contribution in [0.3, 0.4) is 0 Å². The maximum Gasteiger partial charge on any atom is 0.339 e. The summed E-state index contributed by atoms with van der Waals surface area (Å²) in [4.78, 5) is 26.5. The lowest BCUT2D eigenvalue weighted by molar-refractivity contribution is -0.140. The van der Waals surface area contributed by atoms with Crippen molar-refractivity contribution in [3.63, 3.8) is 0 Å². The van der Waals surface area contributed by atoms with Gasteiger partial charge in [-0.3, -0.25) is 9.78 Å². The summed E-state index contributed by atoms with van der Waals surface area (Å²) in [5.41, 5.74) is 1.01. The predicted molar refractivity (Wildman–Crippen MR) is 63.9 cm³/mol. The normalized spacial score (nSPS) is 9.89. The van der Waals surface area contributed by atoms with Gasteiger partial charge in [0.05, 0.1) is 31.9 Å². The van der Waals surface area contributed by atoms with E-state index in [0.717, 1.165) is 0 Å². The van der Waals surface area contributed by atoms with E-state index in [1.54, 1.807) is 18.3 Å². The largest absolute Gasteiger partial charge is 0.469 e. The first-order valence-corrected chi connectivity index (χ1v) is 5.48. The minimum Gasteiger partial charge on any atom is -0.469 e. The van der Waals surface area contributed by atoms with Gasteiger partial charge in [0.25, 0.3) is 0 Å². The second-order valence-electron chi connectivity index (χ2n) is 3.49. The average molecular weight is 252 g/mol. The lowest BCUT2D eigenvalue weighted by atomic mass is 10.2. The second-order valence-corrected chi connectivity index (χ2v) is 3.49. The third-order valence-electron chi connectivity index (χ3n) is 2.32. The van der Waals surface area contributed by atoms with Crippen molar-refractivity contribution >= 4 is 11.9 Å². The number of carbonyl (C=O) groups is 2. The number of nitrogens with one attached hydrogen (secondary N) is 1. The summed E-state index contributed by atoms with van der Waals surface area (Å²) in [6.07, 6.45) is 1.88. The Morgan fingerprint density at radius 3 is 2.78 bits per heavy atom. The third-order valence-corrected chi connectivity index (χ3v) is 2.32. The molecule has 0 fully saturated rings. The monoisotopic (exact) mass is 252 g/mol. The van der Waals surface area contributed by atoms with E-state index >= 15 is 0 Å². The quantitative estimate of drug-likeness (QED) is 0.587. The molecule has 1 aromatic heterocycles. The van der Waals surface area contributed by atoms with Crippen molar-refractivity contribution in [2.45, 2.75) is 13.0 Å². The molecule has 0 spiro atoms. The first kappa shape index (κ1) is 14.1. The van der Waals surface area contributed by atoms with E-state index in [4.69, 9.17) is 0 Å². The molecule has 6 heteroatoms. The van der Waals surface area contributed by atoms with Crippen LogP contribution in [-0.4, -0.2) is 37.7 Å². The molecule has 18 heavy (non-hydrogen) atoms. The molecule has 0 atom stereocenters. The van der Waals surface area contributed by atoms with E-state index in [1.165, 1.54) is 14.2 Å². The highest BCUT2D eigenvalue weighted by atomic mass is 16.5. The van der Waals surface area contributed by atoms with Crippen molar-refractivity contribution in [1.82, 2.24) is 10.3 Å². The molecule has 0 saturated carbocycles. The molecule has 0 saturated heterocycles. The number of ether oxygens (including phenoxy) is 2. The number of pyridine rings is 1. The fourth-order valence-corrected chi connectivity index (χ4v) is 1.37. The van der Waals surface area contributed by atoms with E-state index in [0.29, 0.717) is 24.3 Å². The van der Waals surface area contributed by atoms with Crippen LogP contribution in [0.5, 0.6) is 0 Å². The zero-order chi connectivity index (χ0) is 13.4. The maximum absolute atomic E-state index is 11.5. The Bertz CT molecular complexity index is 420. The van der Waals surface area contributed by atoms with Crippen LogP contribution in [0.15, 0.2) is 18.3 Å². The Balaban J connectivity index is 2.51. The fourth-order valence-electron chi connectivity index (χ4n) is 1.37. The molecular formula is C12H16N2O4. The molecule has 0 aliphatic rings. The van der Waals surface area contributed by atoms with E-state index in [-0.39, 0.29) is 12.4 Å². The molecule has 0 bridgehead atoms. The Hall–Kier alpha value is -1.95. The fraction of sp³-hybridized carbons (Fsp3) is 0.417. The van der Waals surface area contributed by atoms with Crippen LogP contribution < -0.4 is 5.32 Å². The van der Waals surface area contributed by atoms with Crippen molar-refractivity contribution in [1.29, 1.82) is 0 Å². The summed E-state index contributed by atoms with van der Waals surface area (Å²) in [5, 5.41) is 3.02. The Kier molecular flexibility index (Phi) is 5.79. The van der Waals surface area contributed by atoms with Crippen LogP contribution in [-0.2, 0) is 20.8 Å². The Morgan fingerprint density at radius 1 is 1.33 bits per heavy atom. The number of rotatable bonds is 6. The minimum absolute atomic E-state index is 0.275. The molecule has 0 aliphatic carbocycles. The highest BCUT2D eigenvalue weighted by Crippen LogP contribution is 2.06. The number of methoxy groups -OCH3 is 2.